The average molecular weight is 348 g/mol. The zero-order valence-corrected chi connectivity index (χ0v) is 11.8. The molecular formula is C11H12Br2N2O. The van der Waals surface area contributed by atoms with E-state index in [0.717, 1.165) is 14.8 Å². The molecule has 1 saturated heterocycles. The summed E-state index contributed by atoms with van der Waals surface area (Å²) in [6, 6.07) is 1.98. The van der Waals surface area contributed by atoms with Crippen LogP contribution in [-0.4, -0.2) is 28.8 Å². The van der Waals surface area contributed by atoms with E-state index >= 15 is 0 Å². The van der Waals surface area contributed by atoms with Crippen molar-refractivity contribution in [1.82, 2.24) is 4.98 Å². The van der Waals surface area contributed by atoms with E-state index in [4.69, 9.17) is 0 Å². The number of rotatable bonds is 2. The van der Waals surface area contributed by atoms with E-state index in [1.54, 1.807) is 6.20 Å². The fourth-order valence-corrected chi connectivity index (χ4v) is 3.52. The van der Waals surface area contributed by atoms with Gasteiger partial charge in [-0.1, -0.05) is 0 Å². The molecular weight excluding hydrogens is 336 g/mol. The minimum atomic E-state index is -0.450. The Morgan fingerprint density at radius 2 is 2.06 bits per heavy atom. The molecule has 1 saturated carbocycles. The first-order valence-electron chi connectivity index (χ1n) is 5.37. The van der Waals surface area contributed by atoms with Gasteiger partial charge in [-0.25, -0.2) is 4.98 Å². The summed E-state index contributed by atoms with van der Waals surface area (Å²) < 4.78 is 1.93. The Morgan fingerprint density at radius 3 is 2.62 bits per heavy atom. The molecule has 3 rings (SSSR count). The van der Waals surface area contributed by atoms with Crippen molar-refractivity contribution >= 4 is 37.7 Å². The van der Waals surface area contributed by atoms with Crippen molar-refractivity contribution in [3.63, 3.8) is 0 Å². The van der Waals surface area contributed by atoms with E-state index in [1.165, 1.54) is 12.8 Å². The average Bonchev–Trinajstić information content (AvgIpc) is 2.97. The molecule has 2 fully saturated rings. The molecule has 16 heavy (non-hydrogen) atoms. The van der Waals surface area contributed by atoms with Crippen LogP contribution in [0.5, 0.6) is 0 Å². The first-order valence-corrected chi connectivity index (χ1v) is 6.95. The third kappa shape index (κ3) is 1.79. The molecule has 0 amide bonds. The Hall–Kier alpha value is -0.130. The Bertz CT molecular complexity index is 428. The number of aliphatic hydroxyl groups is 1. The molecule has 2 aliphatic rings. The minimum Gasteiger partial charge on any atom is -0.386 e. The largest absolute Gasteiger partial charge is 0.386 e. The second kappa shape index (κ2) is 3.68. The van der Waals surface area contributed by atoms with Crippen molar-refractivity contribution in [2.45, 2.75) is 18.4 Å². The highest BCUT2D eigenvalue weighted by Crippen LogP contribution is 2.46. The van der Waals surface area contributed by atoms with Gasteiger partial charge >= 0.3 is 0 Å². The van der Waals surface area contributed by atoms with Crippen molar-refractivity contribution in [2.75, 3.05) is 18.0 Å². The van der Waals surface area contributed by atoms with Gasteiger partial charge in [0.05, 0.1) is 17.6 Å². The fraction of sp³-hybridized carbons (Fsp3) is 0.545. The molecule has 3 nitrogen and oxygen atoms in total. The van der Waals surface area contributed by atoms with Gasteiger partial charge in [0.15, 0.2) is 0 Å². The van der Waals surface area contributed by atoms with Crippen molar-refractivity contribution in [2.24, 2.45) is 5.92 Å². The van der Waals surface area contributed by atoms with Gasteiger partial charge in [-0.2, -0.15) is 0 Å². The van der Waals surface area contributed by atoms with Crippen molar-refractivity contribution in [3.8, 4) is 0 Å². The summed E-state index contributed by atoms with van der Waals surface area (Å²) in [5.41, 5.74) is -0.450. The third-order valence-corrected chi connectivity index (χ3v) is 4.37. The summed E-state index contributed by atoms with van der Waals surface area (Å²) in [4.78, 5) is 6.49. The maximum absolute atomic E-state index is 10.2. The second-order valence-electron chi connectivity index (χ2n) is 4.69. The van der Waals surface area contributed by atoms with Crippen molar-refractivity contribution in [3.05, 3.63) is 21.2 Å². The lowest BCUT2D eigenvalue weighted by Crippen LogP contribution is -2.63. The van der Waals surface area contributed by atoms with Gasteiger partial charge in [-0.3, -0.25) is 0 Å². The standard InChI is InChI=1S/C11H12Br2N2O/c12-8-3-9(13)10(14-4-8)15-5-11(16,6-15)7-1-2-7/h3-4,7,16H,1-2,5-6H2. The molecule has 1 aromatic rings. The number of hydrogen-bond acceptors (Lipinski definition) is 3. The number of β-amino-alcohol motifs (C(OH)–C–C–N with tert-alkyl or cyclic N) is 1. The lowest BCUT2D eigenvalue weighted by Gasteiger charge is -2.47. The molecule has 0 radical (unpaired) electrons. The van der Waals surface area contributed by atoms with Crippen LogP contribution in [0.15, 0.2) is 21.2 Å². The number of nitrogens with zero attached hydrogens (tertiary/aromatic N) is 2. The van der Waals surface area contributed by atoms with Gasteiger partial charge in [0, 0.05) is 10.7 Å². The molecule has 0 bridgehead atoms. The molecule has 1 aliphatic carbocycles. The van der Waals surface area contributed by atoms with E-state index < -0.39 is 5.60 Å². The summed E-state index contributed by atoms with van der Waals surface area (Å²) in [5.74, 6) is 1.45. The van der Waals surface area contributed by atoms with Gasteiger partial charge in [-0.05, 0) is 56.7 Å². The Balaban J connectivity index is 1.75. The summed E-state index contributed by atoms with van der Waals surface area (Å²) in [6.07, 6.45) is 4.15. The number of anilines is 1. The van der Waals surface area contributed by atoms with E-state index in [0.29, 0.717) is 19.0 Å². The van der Waals surface area contributed by atoms with Gasteiger partial charge in [0.2, 0.25) is 0 Å². The molecule has 0 unspecified atom stereocenters. The second-order valence-corrected chi connectivity index (χ2v) is 6.46. The van der Waals surface area contributed by atoms with Crippen LogP contribution in [0.3, 0.4) is 0 Å². The third-order valence-electron chi connectivity index (χ3n) is 3.35. The fourth-order valence-electron chi connectivity index (χ4n) is 2.28. The zero-order valence-electron chi connectivity index (χ0n) is 8.66. The SMILES string of the molecule is OC1(C2CC2)CN(c2ncc(Br)cc2Br)C1. The summed E-state index contributed by atoms with van der Waals surface area (Å²) in [7, 11) is 0. The highest BCUT2D eigenvalue weighted by molar-refractivity contribution is 9.11. The molecule has 0 atom stereocenters. The van der Waals surface area contributed by atoms with E-state index in [-0.39, 0.29) is 0 Å². The van der Waals surface area contributed by atoms with Gasteiger partial charge < -0.3 is 10.0 Å². The lowest BCUT2D eigenvalue weighted by molar-refractivity contribution is -0.00981. The van der Waals surface area contributed by atoms with E-state index in [2.05, 4.69) is 41.7 Å². The lowest BCUT2D eigenvalue weighted by atomic mass is 9.89. The predicted molar refractivity (Wildman–Crippen MR) is 69.5 cm³/mol. The van der Waals surface area contributed by atoms with Crippen LogP contribution in [0, 0.1) is 5.92 Å². The normalized spacial score (nSPS) is 23.1. The Morgan fingerprint density at radius 1 is 1.38 bits per heavy atom. The highest BCUT2D eigenvalue weighted by Gasteiger charge is 2.52. The van der Waals surface area contributed by atoms with Crippen LogP contribution in [-0.2, 0) is 0 Å². The van der Waals surface area contributed by atoms with Crippen LogP contribution in [0.1, 0.15) is 12.8 Å². The molecule has 86 valence electrons. The molecule has 0 spiro atoms. The van der Waals surface area contributed by atoms with E-state index in [1.807, 2.05) is 6.07 Å². The first-order chi connectivity index (χ1) is 7.58. The summed E-state index contributed by atoms with van der Waals surface area (Å²) in [6.45, 7) is 1.43. The van der Waals surface area contributed by atoms with Crippen molar-refractivity contribution in [1.29, 1.82) is 0 Å². The van der Waals surface area contributed by atoms with Gasteiger partial charge in [0.25, 0.3) is 0 Å². The number of halogens is 2. The van der Waals surface area contributed by atoms with Crippen molar-refractivity contribution < 1.29 is 5.11 Å². The molecule has 1 aromatic heterocycles. The van der Waals surface area contributed by atoms with E-state index in [9.17, 15) is 5.11 Å². The minimum absolute atomic E-state index is 0.450. The zero-order chi connectivity index (χ0) is 11.3. The quantitative estimate of drug-likeness (QED) is 0.893. The Kier molecular flexibility index (Phi) is 2.53. The molecule has 0 aromatic carbocycles. The van der Waals surface area contributed by atoms with Gasteiger partial charge in [-0.15, -0.1) is 0 Å². The number of hydrogen-bond donors (Lipinski definition) is 1. The number of pyridine rings is 1. The summed E-state index contributed by atoms with van der Waals surface area (Å²) in [5, 5.41) is 10.2. The topological polar surface area (TPSA) is 36.4 Å². The predicted octanol–water partition coefficient (Wildman–Crippen LogP) is 2.57. The van der Waals surface area contributed by atoms with Crippen LogP contribution in [0.25, 0.3) is 0 Å². The van der Waals surface area contributed by atoms with Crippen LogP contribution < -0.4 is 4.90 Å². The van der Waals surface area contributed by atoms with Gasteiger partial charge in [0.1, 0.15) is 11.4 Å². The maximum atomic E-state index is 10.2. The maximum Gasteiger partial charge on any atom is 0.143 e. The molecule has 2 heterocycles. The molecule has 1 N–H and O–H groups in total. The van der Waals surface area contributed by atoms with Crippen LogP contribution in [0.4, 0.5) is 5.82 Å². The highest BCUT2D eigenvalue weighted by atomic mass is 79.9. The van der Waals surface area contributed by atoms with Crippen LogP contribution in [0.2, 0.25) is 0 Å². The number of aromatic nitrogens is 1. The van der Waals surface area contributed by atoms with Crippen LogP contribution >= 0.6 is 31.9 Å². The monoisotopic (exact) mass is 346 g/mol. The Labute approximate surface area is 111 Å². The summed E-state index contributed by atoms with van der Waals surface area (Å²) >= 11 is 6.88. The first kappa shape index (κ1) is 11.0. The smallest absolute Gasteiger partial charge is 0.143 e. The molecule has 5 heteroatoms. The molecule has 1 aliphatic heterocycles.